The van der Waals surface area contributed by atoms with Crippen molar-refractivity contribution in [1.82, 2.24) is 0 Å². The predicted octanol–water partition coefficient (Wildman–Crippen LogP) is 2.43. The van der Waals surface area contributed by atoms with Crippen molar-refractivity contribution < 1.29 is 31.1 Å². The van der Waals surface area contributed by atoms with Crippen LogP contribution in [0.25, 0.3) is 0 Å². The van der Waals surface area contributed by atoms with Gasteiger partial charge in [0.15, 0.2) is 9.84 Å². The van der Waals surface area contributed by atoms with Gasteiger partial charge in [-0.2, -0.15) is 13.2 Å². The van der Waals surface area contributed by atoms with E-state index in [2.05, 4.69) is 4.74 Å². The summed E-state index contributed by atoms with van der Waals surface area (Å²) >= 11 is 0. The van der Waals surface area contributed by atoms with Gasteiger partial charge >= 0.3 is 12.1 Å². The van der Waals surface area contributed by atoms with E-state index in [0.29, 0.717) is 6.07 Å². The molecule has 1 aromatic rings. The molecule has 0 saturated carbocycles. The summed E-state index contributed by atoms with van der Waals surface area (Å²) in [4.78, 5) is 11.3. The number of methoxy groups -OCH3 is 1. The van der Waals surface area contributed by atoms with Crippen LogP contribution in [-0.4, -0.2) is 27.2 Å². The lowest BCUT2D eigenvalue weighted by Gasteiger charge is -2.13. The van der Waals surface area contributed by atoms with E-state index >= 15 is 0 Å². The lowest BCUT2D eigenvalue weighted by atomic mass is 10.0. The Labute approximate surface area is 114 Å². The molecule has 0 fully saturated rings. The first-order valence-electron chi connectivity index (χ1n) is 5.59. The summed E-state index contributed by atoms with van der Waals surface area (Å²) < 4.78 is 65.9. The van der Waals surface area contributed by atoms with E-state index in [-0.39, 0.29) is 11.3 Å². The molecule has 0 saturated heterocycles. The zero-order valence-corrected chi connectivity index (χ0v) is 11.6. The minimum absolute atomic E-state index is 0.123. The third-order valence-corrected chi connectivity index (χ3v) is 4.28. The summed E-state index contributed by atoms with van der Waals surface area (Å²) in [5, 5.41) is 0. The van der Waals surface area contributed by atoms with Crippen molar-refractivity contribution in [3.8, 4) is 0 Å². The van der Waals surface area contributed by atoms with Crippen molar-refractivity contribution in [2.45, 2.75) is 18.9 Å². The normalized spacial score (nSPS) is 12.2. The Hall–Kier alpha value is -1.57. The van der Waals surface area contributed by atoms with Gasteiger partial charge in [-0.3, -0.25) is 0 Å². The van der Waals surface area contributed by atoms with Gasteiger partial charge < -0.3 is 4.74 Å². The van der Waals surface area contributed by atoms with Crippen LogP contribution < -0.4 is 0 Å². The van der Waals surface area contributed by atoms with E-state index in [1.165, 1.54) is 6.92 Å². The van der Waals surface area contributed by atoms with E-state index in [4.69, 9.17) is 0 Å². The minimum Gasteiger partial charge on any atom is -0.465 e. The van der Waals surface area contributed by atoms with Crippen LogP contribution >= 0.6 is 0 Å². The lowest BCUT2D eigenvalue weighted by Crippen LogP contribution is -2.15. The number of alkyl halides is 3. The molecular weight excluding hydrogens is 297 g/mol. The Morgan fingerprint density at radius 3 is 2.35 bits per heavy atom. The molecule has 20 heavy (non-hydrogen) atoms. The molecule has 0 aliphatic carbocycles. The molecule has 112 valence electrons. The van der Waals surface area contributed by atoms with E-state index in [1.54, 1.807) is 0 Å². The summed E-state index contributed by atoms with van der Waals surface area (Å²) in [5.74, 6) is -1.88. The number of sulfone groups is 1. The fraction of sp³-hybridized carbons (Fsp3) is 0.417. The largest absolute Gasteiger partial charge is 0.465 e. The number of carbonyl (C=O) groups excluding carboxylic acids is 1. The highest BCUT2D eigenvalue weighted by Gasteiger charge is 2.34. The van der Waals surface area contributed by atoms with Crippen molar-refractivity contribution in [2.24, 2.45) is 0 Å². The van der Waals surface area contributed by atoms with Crippen LogP contribution in [0.5, 0.6) is 0 Å². The summed E-state index contributed by atoms with van der Waals surface area (Å²) in [7, 11) is -2.57. The van der Waals surface area contributed by atoms with Crippen LogP contribution in [0.4, 0.5) is 13.2 Å². The number of ether oxygens (including phenoxy) is 1. The number of hydrogen-bond donors (Lipinski definition) is 0. The van der Waals surface area contributed by atoms with E-state index in [1.807, 2.05) is 0 Å². The molecule has 0 atom stereocenters. The molecule has 0 radical (unpaired) electrons. The van der Waals surface area contributed by atoms with Crippen LogP contribution in [0, 0.1) is 0 Å². The summed E-state index contributed by atoms with van der Waals surface area (Å²) in [6, 6.07) is 2.55. The second-order valence-electron chi connectivity index (χ2n) is 4.04. The number of halogens is 3. The Morgan fingerprint density at radius 1 is 1.30 bits per heavy atom. The summed E-state index contributed by atoms with van der Waals surface area (Å²) in [6.07, 6.45) is -4.69. The number of rotatable bonds is 4. The first-order valence-corrected chi connectivity index (χ1v) is 7.41. The van der Waals surface area contributed by atoms with Gasteiger partial charge in [0, 0.05) is 5.75 Å². The van der Waals surface area contributed by atoms with Gasteiger partial charge in [-0.15, -0.1) is 0 Å². The second-order valence-corrected chi connectivity index (χ2v) is 6.39. The molecule has 0 spiro atoms. The van der Waals surface area contributed by atoms with Crippen LogP contribution in [0.2, 0.25) is 0 Å². The average molecular weight is 310 g/mol. The molecule has 0 unspecified atom stereocenters. The lowest BCUT2D eigenvalue weighted by molar-refractivity contribution is -0.138. The molecule has 0 aromatic heterocycles. The zero-order valence-electron chi connectivity index (χ0n) is 10.8. The molecule has 1 rings (SSSR count). The summed E-state index contributed by atoms with van der Waals surface area (Å²) in [5.41, 5.74) is -1.65. The van der Waals surface area contributed by atoms with E-state index in [9.17, 15) is 26.4 Å². The van der Waals surface area contributed by atoms with Gasteiger partial charge in [-0.25, -0.2) is 13.2 Å². The molecule has 0 aliphatic rings. The third-order valence-electron chi connectivity index (χ3n) is 2.65. The Kier molecular flexibility index (Phi) is 4.80. The number of carbonyl (C=O) groups is 1. The SMILES string of the molecule is CCS(=O)(=O)Cc1cc(C(=O)OC)ccc1C(F)(F)F. The maximum absolute atomic E-state index is 12.8. The average Bonchev–Trinajstić information content (AvgIpc) is 2.36. The van der Waals surface area contributed by atoms with Gasteiger partial charge in [0.25, 0.3) is 0 Å². The van der Waals surface area contributed by atoms with Gasteiger partial charge in [-0.05, 0) is 23.8 Å². The first-order chi connectivity index (χ1) is 9.10. The fourth-order valence-corrected chi connectivity index (χ4v) is 2.49. The number of benzene rings is 1. The van der Waals surface area contributed by atoms with Gasteiger partial charge in [0.05, 0.1) is 24.0 Å². The standard InChI is InChI=1S/C12H13F3O4S/c1-3-20(17,18)7-9-6-8(11(16)19-2)4-5-10(9)12(13,14)15/h4-6H,3,7H2,1-2H3. The minimum atomic E-state index is -4.69. The number of esters is 1. The van der Waals surface area contributed by atoms with Crippen LogP contribution in [0.3, 0.4) is 0 Å². The van der Waals surface area contributed by atoms with Gasteiger partial charge in [0.1, 0.15) is 0 Å². The highest BCUT2D eigenvalue weighted by atomic mass is 32.2. The second kappa shape index (κ2) is 5.82. The predicted molar refractivity (Wildman–Crippen MR) is 65.9 cm³/mol. The van der Waals surface area contributed by atoms with Crippen molar-refractivity contribution in [1.29, 1.82) is 0 Å². The van der Waals surface area contributed by atoms with E-state index in [0.717, 1.165) is 19.2 Å². The van der Waals surface area contributed by atoms with Crippen LogP contribution in [-0.2, 0) is 26.5 Å². The van der Waals surface area contributed by atoms with Crippen molar-refractivity contribution in [2.75, 3.05) is 12.9 Å². The number of hydrogen-bond acceptors (Lipinski definition) is 4. The summed E-state index contributed by atoms with van der Waals surface area (Å²) in [6.45, 7) is 1.34. The third kappa shape index (κ3) is 3.96. The fourth-order valence-electron chi connectivity index (χ4n) is 1.57. The first kappa shape index (κ1) is 16.5. The molecule has 0 aliphatic heterocycles. The van der Waals surface area contributed by atoms with Gasteiger partial charge in [-0.1, -0.05) is 6.92 Å². The zero-order chi connectivity index (χ0) is 15.6. The molecule has 8 heteroatoms. The van der Waals surface area contributed by atoms with Gasteiger partial charge in [0.2, 0.25) is 0 Å². The topological polar surface area (TPSA) is 60.4 Å². The highest BCUT2D eigenvalue weighted by Crippen LogP contribution is 2.33. The molecule has 0 N–H and O–H groups in total. The van der Waals surface area contributed by atoms with Crippen molar-refractivity contribution in [3.63, 3.8) is 0 Å². The highest BCUT2D eigenvalue weighted by molar-refractivity contribution is 7.90. The molecule has 0 bridgehead atoms. The monoisotopic (exact) mass is 310 g/mol. The van der Waals surface area contributed by atoms with E-state index < -0.39 is 38.9 Å². The Balaban J connectivity index is 3.38. The van der Waals surface area contributed by atoms with Crippen molar-refractivity contribution in [3.05, 3.63) is 34.9 Å². The van der Waals surface area contributed by atoms with Crippen molar-refractivity contribution >= 4 is 15.8 Å². The smallest absolute Gasteiger partial charge is 0.416 e. The van der Waals surface area contributed by atoms with Crippen LogP contribution in [0.15, 0.2) is 18.2 Å². The molecule has 0 heterocycles. The molecule has 4 nitrogen and oxygen atoms in total. The molecular formula is C12H13F3O4S. The Morgan fingerprint density at radius 2 is 1.90 bits per heavy atom. The van der Waals surface area contributed by atoms with Crippen LogP contribution in [0.1, 0.15) is 28.4 Å². The Bertz CT molecular complexity index is 606. The molecule has 0 amide bonds. The quantitative estimate of drug-likeness (QED) is 0.801. The molecule has 1 aromatic carbocycles. The maximum atomic E-state index is 12.8. The maximum Gasteiger partial charge on any atom is 0.416 e.